The van der Waals surface area contributed by atoms with Crippen LogP contribution in [0, 0.1) is 0 Å². The Morgan fingerprint density at radius 1 is 1.28 bits per heavy atom. The molecule has 1 aromatic heterocycles. The van der Waals surface area contributed by atoms with Crippen molar-refractivity contribution in [2.75, 3.05) is 6.61 Å². The highest BCUT2D eigenvalue weighted by molar-refractivity contribution is 5.29. The first-order valence-corrected chi connectivity index (χ1v) is 5.87. The average molecular weight is 247 g/mol. The van der Waals surface area contributed by atoms with Gasteiger partial charge < -0.3 is 9.84 Å². The van der Waals surface area contributed by atoms with Crippen LogP contribution in [0.5, 0.6) is 6.01 Å². The van der Waals surface area contributed by atoms with E-state index in [1.807, 2.05) is 30.3 Å². The second-order valence-corrected chi connectivity index (χ2v) is 4.72. The van der Waals surface area contributed by atoms with Crippen LogP contribution in [0.2, 0.25) is 0 Å². The number of hydrogen-bond acceptors (Lipinski definition) is 4. The van der Waals surface area contributed by atoms with Gasteiger partial charge in [-0.05, 0) is 26.0 Å². The van der Waals surface area contributed by atoms with Gasteiger partial charge in [0, 0.05) is 6.42 Å². The van der Waals surface area contributed by atoms with Crippen LogP contribution in [0.1, 0.15) is 20.3 Å². The minimum absolute atomic E-state index is 0.322. The molecule has 1 N–H and O–H groups in total. The molecule has 96 valence electrons. The highest BCUT2D eigenvalue weighted by Crippen LogP contribution is 2.10. The van der Waals surface area contributed by atoms with Gasteiger partial charge in [-0.3, -0.25) is 0 Å². The van der Waals surface area contributed by atoms with Crippen molar-refractivity contribution in [1.82, 2.24) is 14.8 Å². The first-order valence-electron chi connectivity index (χ1n) is 5.87. The Morgan fingerprint density at radius 2 is 2.00 bits per heavy atom. The molecule has 0 saturated carbocycles. The zero-order valence-corrected chi connectivity index (χ0v) is 10.6. The van der Waals surface area contributed by atoms with E-state index in [4.69, 9.17) is 4.74 Å². The number of rotatable bonds is 5. The lowest BCUT2D eigenvalue weighted by Crippen LogP contribution is -2.22. The summed E-state index contributed by atoms with van der Waals surface area (Å²) in [6.45, 7) is 3.88. The summed E-state index contributed by atoms with van der Waals surface area (Å²) < 4.78 is 7.03. The number of benzene rings is 1. The summed E-state index contributed by atoms with van der Waals surface area (Å²) in [5.41, 5.74) is 0.199. The minimum Gasteiger partial charge on any atom is -0.462 e. The van der Waals surface area contributed by atoms with Crippen LogP contribution in [-0.2, 0) is 0 Å². The summed E-state index contributed by atoms with van der Waals surface area (Å²) in [7, 11) is 0. The Labute approximate surface area is 106 Å². The summed E-state index contributed by atoms with van der Waals surface area (Å²) in [5, 5.41) is 13.8. The van der Waals surface area contributed by atoms with Gasteiger partial charge in [-0.2, -0.15) is 4.98 Å². The van der Waals surface area contributed by atoms with Crippen LogP contribution in [-0.4, -0.2) is 32.1 Å². The third kappa shape index (κ3) is 3.56. The monoisotopic (exact) mass is 247 g/mol. The number of para-hydroxylation sites is 1. The molecule has 0 bridgehead atoms. The maximum absolute atomic E-state index is 9.55. The Hall–Kier alpha value is -1.88. The molecule has 5 nitrogen and oxygen atoms in total. The molecule has 0 aliphatic heterocycles. The fourth-order valence-corrected chi connectivity index (χ4v) is 1.41. The average Bonchev–Trinajstić information content (AvgIpc) is 2.77. The molecule has 0 amide bonds. The molecule has 1 heterocycles. The van der Waals surface area contributed by atoms with Crippen molar-refractivity contribution in [3.8, 4) is 11.7 Å². The minimum atomic E-state index is -0.734. The lowest BCUT2D eigenvalue weighted by Gasteiger charge is -2.15. The Bertz CT molecular complexity index is 488. The van der Waals surface area contributed by atoms with Crippen LogP contribution in [0.25, 0.3) is 5.69 Å². The Balaban J connectivity index is 1.95. The molecule has 0 aliphatic rings. The van der Waals surface area contributed by atoms with Crippen molar-refractivity contribution in [3.05, 3.63) is 36.7 Å². The van der Waals surface area contributed by atoms with E-state index in [1.165, 1.54) is 0 Å². The first kappa shape index (κ1) is 12.6. The Morgan fingerprint density at radius 3 is 2.67 bits per heavy atom. The maximum Gasteiger partial charge on any atom is 0.335 e. The van der Waals surface area contributed by atoms with E-state index in [-0.39, 0.29) is 0 Å². The standard InChI is InChI=1S/C13H17N3O2/c1-13(2,17)8-9-18-12-14-10-16(15-12)11-6-4-3-5-7-11/h3-7,10,17H,8-9H2,1-2H3. The SMILES string of the molecule is CC(C)(O)CCOc1ncn(-c2ccccc2)n1. The number of aromatic nitrogens is 3. The first-order chi connectivity index (χ1) is 8.54. The van der Waals surface area contributed by atoms with Crippen molar-refractivity contribution in [2.24, 2.45) is 0 Å². The van der Waals surface area contributed by atoms with E-state index in [2.05, 4.69) is 10.1 Å². The van der Waals surface area contributed by atoms with Crippen molar-refractivity contribution in [2.45, 2.75) is 25.9 Å². The number of ether oxygens (including phenoxy) is 1. The van der Waals surface area contributed by atoms with Crippen LogP contribution in [0.4, 0.5) is 0 Å². The van der Waals surface area contributed by atoms with E-state index in [9.17, 15) is 5.11 Å². The summed E-state index contributed by atoms with van der Waals surface area (Å²) >= 11 is 0. The van der Waals surface area contributed by atoms with Crippen molar-refractivity contribution in [1.29, 1.82) is 0 Å². The second-order valence-electron chi connectivity index (χ2n) is 4.72. The molecule has 0 unspecified atom stereocenters. The van der Waals surface area contributed by atoms with E-state index < -0.39 is 5.60 Å². The van der Waals surface area contributed by atoms with Crippen molar-refractivity contribution >= 4 is 0 Å². The number of hydrogen-bond donors (Lipinski definition) is 1. The zero-order valence-electron chi connectivity index (χ0n) is 10.6. The van der Waals surface area contributed by atoms with E-state index >= 15 is 0 Å². The summed E-state index contributed by atoms with van der Waals surface area (Å²) in [6.07, 6.45) is 2.14. The summed E-state index contributed by atoms with van der Waals surface area (Å²) in [4.78, 5) is 4.06. The fourth-order valence-electron chi connectivity index (χ4n) is 1.41. The molecule has 0 atom stereocenters. The highest BCUT2D eigenvalue weighted by atomic mass is 16.5. The second kappa shape index (κ2) is 5.18. The van der Waals surface area contributed by atoms with Crippen LogP contribution >= 0.6 is 0 Å². The van der Waals surface area contributed by atoms with Gasteiger partial charge in [0.05, 0.1) is 17.9 Å². The summed E-state index contributed by atoms with van der Waals surface area (Å²) in [5.74, 6) is 0. The van der Waals surface area contributed by atoms with Crippen LogP contribution in [0.15, 0.2) is 36.7 Å². The lowest BCUT2D eigenvalue weighted by atomic mass is 10.1. The molecule has 2 aromatic rings. The molecule has 1 aromatic carbocycles. The third-order valence-corrected chi connectivity index (χ3v) is 2.44. The van der Waals surface area contributed by atoms with E-state index in [0.717, 1.165) is 5.69 Å². The van der Waals surface area contributed by atoms with E-state index in [1.54, 1.807) is 24.9 Å². The van der Waals surface area contributed by atoms with Gasteiger partial charge in [0.15, 0.2) is 0 Å². The van der Waals surface area contributed by atoms with Gasteiger partial charge in [-0.25, -0.2) is 4.68 Å². The Kier molecular flexibility index (Phi) is 3.62. The maximum atomic E-state index is 9.55. The van der Waals surface area contributed by atoms with Gasteiger partial charge in [0.1, 0.15) is 6.33 Å². The predicted octanol–water partition coefficient (Wildman–Crippen LogP) is 1.81. The van der Waals surface area contributed by atoms with Gasteiger partial charge in [-0.1, -0.05) is 18.2 Å². The normalized spacial score (nSPS) is 11.5. The number of aliphatic hydroxyl groups is 1. The molecule has 5 heteroatoms. The molecule has 0 fully saturated rings. The fraction of sp³-hybridized carbons (Fsp3) is 0.385. The highest BCUT2D eigenvalue weighted by Gasteiger charge is 2.13. The van der Waals surface area contributed by atoms with Crippen molar-refractivity contribution < 1.29 is 9.84 Å². The smallest absolute Gasteiger partial charge is 0.335 e. The molecule has 18 heavy (non-hydrogen) atoms. The molecule has 0 spiro atoms. The van der Waals surface area contributed by atoms with Gasteiger partial charge in [-0.15, -0.1) is 5.10 Å². The summed E-state index contributed by atoms with van der Waals surface area (Å²) in [6, 6.07) is 10.0. The van der Waals surface area contributed by atoms with Crippen LogP contribution in [0.3, 0.4) is 0 Å². The molecule has 0 radical (unpaired) electrons. The quantitative estimate of drug-likeness (QED) is 0.875. The molecule has 0 saturated heterocycles. The van der Waals surface area contributed by atoms with Gasteiger partial charge in [0.25, 0.3) is 0 Å². The van der Waals surface area contributed by atoms with Crippen LogP contribution < -0.4 is 4.74 Å². The van der Waals surface area contributed by atoms with Crippen molar-refractivity contribution in [3.63, 3.8) is 0 Å². The number of nitrogens with zero attached hydrogens (tertiary/aromatic N) is 3. The van der Waals surface area contributed by atoms with Gasteiger partial charge >= 0.3 is 6.01 Å². The largest absolute Gasteiger partial charge is 0.462 e. The molecule has 2 rings (SSSR count). The topological polar surface area (TPSA) is 60.2 Å². The van der Waals surface area contributed by atoms with Gasteiger partial charge in [0.2, 0.25) is 0 Å². The van der Waals surface area contributed by atoms with E-state index in [0.29, 0.717) is 19.0 Å². The predicted molar refractivity (Wildman–Crippen MR) is 67.8 cm³/mol. The third-order valence-electron chi connectivity index (χ3n) is 2.44. The molecular formula is C13H17N3O2. The zero-order chi connectivity index (χ0) is 13.0. The lowest BCUT2D eigenvalue weighted by molar-refractivity contribution is 0.0539. The molecule has 0 aliphatic carbocycles. The molecular weight excluding hydrogens is 230 g/mol.